The lowest BCUT2D eigenvalue weighted by Crippen LogP contribution is -2.44. The maximum Gasteiger partial charge on any atom is 0.241 e. The van der Waals surface area contributed by atoms with Crippen molar-refractivity contribution in [1.29, 1.82) is 0 Å². The van der Waals surface area contributed by atoms with Crippen LogP contribution in [0.2, 0.25) is 0 Å². The molecule has 0 saturated carbocycles. The molecule has 1 fully saturated rings. The van der Waals surface area contributed by atoms with Crippen molar-refractivity contribution in [2.45, 2.75) is 36.7 Å². The highest BCUT2D eigenvalue weighted by Crippen LogP contribution is 2.33. The number of anilines is 1. The van der Waals surface area contributed by atoms with E-state index in [-0.39, 0.29) is 17.9 Å². The number of hydrogen-bond donors (Lipinski definition) is 3. The largest absolute Gasteiger partial charge is 0.497 e. The predicted molar refractivity (Wildman–Crippen MR) is 137 cm³/mol. The zero-order chi connectivity index (χ0) is 24.2. The number of amides is 2. The second-order valence-electron chi connectivity index (χ2n) is 8.84. The molecule has 2 amide bonds. The number of nitrogens with one attached hydrogen (secondary N) is 3. The van der Waals surface area contributed by atoms with Gasteiger partial charge < -0.3 is 20.3 Å². The monoisotopic (exact) mass is 491 g/mol. The standard InChI is InChI=1S/C26H29N5O3S/c1-34-21-6-4-18-13-27-23(11-19(18)10-21)26(33)30-22-7-5-17(20-14-28-29-15-20)12-24(22)35-16-25(32)31-8-2-3-9-31/h4-7,10,12,14-15,23,27H,2-3,8-9,11,13,16H2,1H3,(H,28,29)(H,30,33). The highest BCUT2D eigenvalue weighted by molar-refractivity contribution is 8.00. The first-order valence-electron chi connectivity index (χ1n) is 11.8. The Hall–Kier alpha value is -3.30. The number of fused-ring (bicyclic) bond motifs is 1. The van der Waals surface area contributed by atoms with E-state index in [4.69, 9.17) is 4.74 Å². The smallest absolute Gasteiger partial charge is 0.241 e. The summed E-state index contributed by atoms with van der Waals surface area (Å²) in [5.74, 6) is 1.17. The fraction of sp³-hybridized carbons (Fsp3) is 0.346. The number of H-pyrrole nitrogens is 1. The van der Waals surface area contributed by atoms with E-state index in [1.165, 1.54) is 17.3 Å². The van der Waals surface area contributed by atoms with Gasteiger partial charge in [-0.2, -0.15) is 5.10 Å². The minimum absolute atomic E-state index is 0.0951. The molecule has 1 atom stereocenters. The zero-order valence-corrected chi connectivity index (χ0v) is 20.5. The predicted octanol–water partition coefficient (Wildman–Crippen LogP) is 3.45. The van der Waals surface area contributed by atoms with Crippen LogP contribution >= 0.6 is 11.8 Å². The van der Waals surface area contributed by atoms with Gasteiger partial charge in [-0.05, 0) is 60.2 Å². The van der Waals surface area contributed by atoms with E-state index >= 15 is 0 Å². The normalized spacial score (nSPS) is 17.2. The molecule has 2 aliphatic rings. The van der Waals surface area contributed by atoms with Gasteiger partial charge in [0.15, 0.2) is 0 Å². The number of ether oxygens (including phenoxy) is 1. The molecule has 1 unspecified atom stereocenters. The molecule has 2 aliphatic heterocycles. The molecule has 9 heteroatoms. The van der Waals surface area contributed by atoms with Crippen molar-refractivity contribution in [2.75, 3.05) is 31.3 Å². The van der Waals surface area contributed by atoms with Gasteiger partial charge in [0, 0.05) is 36.3 Å². The van der Waals surface area contributed by atoms with Gasteiger partial charge in [-0.25, -0.2) is 0 Å². The zero-order valence-electron chi connectivity index (χ0n) is 19.7. The van der Waals surface area contributed by atoms with E-state index < -0.39 is 0 Å². The van der Waals surface area contributed by atoms with Gasteiger partial charge in [-0.3, -0.25) is 14.7 Å². The van der Waals surface area contributed by atoms with Crippen molar-refractivity contribution in [3.8, 4) is 16.9 Å². The Morgan fingerprint density at radius 2 is 2.00 bits per heavy atom. The van der Waals surface area contributed by atoms with Crippen LogP contribution in [-0.2, 0) is 22.6 Å². The summed E-state index contributed by atoms with van der Waals surface area (Å²) in [6.45, 7) is 2.29. The average Bonchev–Trinajstić information content (AvgIpc) is 3.62. The van der Waals surface area contributed by atoms with E-state index in [9.17, 15) is 9.59 Å². The molecule has 2 aromatic carbocycles. The van der Waals surface area contributed by atoms with Crippen LogP contribution < -0.4 is 15.4 Å². The van der Waals surface area contributed by atoms with E-state index in [1.54, 1.807) is 13.3 Å². The van der Waals surface area contributed by atoms with E-state index in [0.29, 0.717) is 24.4 Å². The topological polar surface area (TPSA) is 99.3 Å². The third-order valence-corrected chi connectivity index (χ3v) is 7.61. The molecule has 35 heavy (non-hydrogen) atoms. The Morgan fingerprint density at radius 3 is 2.77 bits per heavy atom. The number of rotatable bonds is 7. The summed E-state index contributed by atoms with van der Waals surface area (Å²) in [6.07, 6.45) is 6.31. The third kappa shape index (κ3) is 5.36. The van der Waals surface area contributed by atoms with Crippen LogP contribution in [0, 0.1) is 0 Å². The molecule has 3 N–H and O–H groups in total. The van der Waals surface area contributed by atoms with Gasteiger partial charge in [0.05, 0.1) is 30.8 Å². The summed E-state index contributed by atoms with van der Waals surface area (Å²) in [7, 11) is 1.65. The molecule has 0 bridgehead atoms. The number of carbonyl (C=O) groups is 2. The van der Waals surface area contributed by atoms with Crippen LogP contribution in [0.5, 0.6) is 5.75 Å². The first kappa shape index (κ1) is 23.4. The van der Waals surface area contributed by atoms with Gasteiger partial charge in [-0.15, -0.1) is 11.8 Å². The number of likely N-dealkylation sites (tertiary alicyclic amines) is 1. The summed E-state index contributed by atoms with van der Waals surface area (Å²) >= 11 is 1.46. The SMILES string of the molecule is COc1ccc2c(c1)CC(C(=O)Nc1ccc(-c3cn[nH]c3)cc1SCC(=O)N1CCCC1)NC2. The third-order valence-electron chi connectivity index (χ3n) is 6.57. The van der Waals surface area contributed by atoms with Crippen molar-refractivity contribution < 1.29 is 14.3 Å². The van der Waals surface area contributed by atoms with Crippen LogP contribution in [0.25, 0.3) is 11.1 Å². The highest BCUT2D eigenvalue weighted by atomic mass is 32.2. The molecule has 1 aromatic heterocycles. The quantitative estimate of drug-likeness (QED) is 0.438. The molecule has 182 valence electrons. The molecular weight excluding hydrogens is 462 g/mol. The lowest BCUT2D eigenvalue weighted by molar-refractivity contribution is -0.127. The van der Waals surface area contributed by atoms with Crippen LogP contribution in [0.1, 0.15) is 24.0 Å². The number of aromatic nitrogens is 2. The van der Waals surface area contributed by atoms with E-state index in [0.717, 1.165) is 53.3 Å². The molecular formula is C26H29N5O3S. The number of methoxy groups -OCH3 is 1. The summed E-state index contributed by atoms with van der Waals surface area (Å²) < 4.78 is 5.35. The molecule has 5 rings (SSSR count). The van der Waals surface area contributed by atoms with Gasteiger partial charge >= 0.3 is 0 Å². The van der Waals surface area contributed by atoms with E-state index in [2.05, 4.69) is 20.8 Å². The Balaban J connectivity index is 1.33. The fourth-order valence-corrected chi connectivity index (χ4v) is 5.50. The number of carbonyl (C=O) groups excluding carboxylic acids is 2. The van der Waals surface area contributed by atoms with Gasteiger partial charge in [0.2, 0.25) is 11.8 Å². The van der Waals surface area contributed by atoms with Crippen LogP contribution in [-0.4, -0.2) is 58.9 Å². The van der Waals surface area contributed by atoms with Gasteiger partial charge in [0.25, 0.3) is 0 Å². The number of hydrogen-bond acceptors (Lipinski definition) is 6. The van der Waals surface area contributed by atoms with Gasteiger partial charge in [-0.1, -0.05) is 12.1 Å². The maximum atomic E-state index is 13.2. The number of benzene rings is 2. The molecule has 3 aromatic rings. The number of aromatic amines is 1. The van der Waals surface area contributed by atoms with Crippen molar-refractivity contribution >= 4 is 29.3 Å². The summed E-state index contributed by atoms with van der Waals surface area (Å²) in [6, 6.07) is 11.5. The van der Waals surface area contributed by atoms with E-state index in [1.807, 2.05) is 47.5 Å². The molecule has 0 aliphatic carbocycles. The Kier molecular flexibility index (Phi) is 7.06. The Labute approximate surface area is 208 Å². The van der Waals surface area contributed by atoms with Crippen molar-refractivity contribution in [2.24, 2.45) is 0 Å². The van der Waals surface area contributed by atoms with Crippen LogP contribution in [0.3, 0.4) is 0 Å². The fourth-order valence-electron chi connectivity index (χ4n) is 4.55. The van der Waals surface area contributed by atoms with Crippen molar-refractivity contribution in [1.82, 2.24) is 20.4 Å². The minimum atomic E-state index is -0.354. The molecule has 0 radical (unpaired) electrons. The molecule has 0 spiro atoms. The van der Waals surface area contributed by atoms with Gasteiger partial charge in [0.1, 0.15) is 5.75 Å². The minimum Gasteiger partial charge on any atom is -0.497 e. The first-order chi connectivity index (χ1) is 17.1. The lowest BCUT2D eigenvalue weighted by Gasteiger charge is -2.26. The second kappa shape index (κ2) is 10.5. The number of thioether (sulfide) groups is 1. The lowest BCUT2D eigenvalue weighted by atomic mass is 9.95. The second-order valence-corrected chi connectivity index (χ2v) is 9.85. The summed E-state index contributed by atoms with van der Waals surface area (Å²) in [5, 5.41) is 13.3. The van der Waals surface area contributed by atoms with Crippen LogP contribution in [0.4, 0.5) is 5.69 Å². The first-order valence-corrected chi connectivity index (χ1v) is 12.8. The summed E-state index contributed by atoms with van der Waals surface area (Å²) in [4.78, 5) is 28.7. The average molecular weight is 492 g/mol. The molecule has 3 heterocycles. The van der Waals surface area contributed by atoms with Crippen molar-refractivity contribution in [3.05, 3.63) is 59.9 Å². The Morgan fingerprint density at radius 1 is 1.14 bits per heavy atom. The maximum absolute atomic E-state index is 13.2. The molecule has 8 nitrogen and oxygen atoms in total. The van der Waals surface area contributed by atoms with Crippen molar-refractivity contribution in [3.63, 3.8) is 0 Å². The molecule has 1 saturated heterocycles. The highest BCUT2D eigenvalue weighted by Gasteiger charge is 2.26. The summed E-state index contributed by atoms with van der Waals surface area (Å²) in [5.41, 5.74) is 4.93. The van der Waals surface area contributed by atoms with Crippen LogP contribution in [0.15, 0.2) is 53.7 Å². The number of nitrogens with zero attached hydrogens (tertiary/aromatic N) is 2. The Bertz CT molecular complexity index is 1210.